The third-order valence-corrected chi connectivity index (χ3v) is 3.15. The molecule has 0 radical (unpaired) electrons. The van der Waals surface area contributed by atoms with Crippen molar-refractivity contribution >= 4 is 22.9 Å². The van der Waals surface area contributed by atoms with Crippen LogP contribution in [-0.4, -0.2) is 0 Å². The maximum absolute atomic E-state index is 8.95. The lowest BCUT2D eigenvalue weighted by atomic mass is 9.97. The van der Waals surface area contributed by atoms with E-state index in [2.05, 4.69) is 19.9 Å². The van der Waals surface area contributed by atoms with Gasteiger partial charge < -0.3 is 0 Å². The highest BCUT2D eigenvalue weighted by Gasteiger charge is 2.14. The first-order valence-corrected chi connectivity index (χ1v) is 5.47. The van der Waals surface area contributed by atoms with Crippen molar-refractivity contribution in [1.29, 1.82) is 5.26 Å². The molecule has 0 amide bonds. The van der Waals surface area contributed by atoms with E-state index in [1.54, 1.807) is 0 Å². The van der Waals surface area contributed by atoms with Crippen molar-refractivity contribution in [3.8, 4) is 6.07 Å². The lowest BCUT2D eigenvalue weighted by Crippen LogP contribution is -1.98. The molecule has 1 aromatic heterocycles. The number of hydrogen-bond donors (Lipinski definition) is 0. The summed E-state index contributed by atoms with van der Waals surface area (Å²) in [7, 11) is 0. The van der Waals surface area contributed by atoms with E-state index in [1.807, 2.05) is 12.1 Å². The fraction of sp³-hybridized carbons (Fsp3) is 0.500. The maximum atomic E-state index is 8.95. The van der Waals surface area contributed by atoms with E-state index in [0.717, 1.165) is 15.6 Å². The van der Waals surface area contributed by atoms with E-state index in [4.69, 9.17) is 16.9 Å². The Balaban J connectivity index is 2.74. The Morgan fingerprint density at radius 3 is 2.62 bits per heavy atom. The first-order valence-electron chi connectivity index (χ1n) is 4.28. The van der Waals surface area contributed by atoms with Gasteiger partial charge >= 0.3 is 0 Å². The summed E-state index contributed by atoms with van der Waals surface area (Å²) in [6, 6.07) is 6.12. The van der Waals surface area contributed by atoms with Crippen LogP contribution in [0, 0.1) is 17.2 Å². The minimum absolute atomic E-state index is 0.0116. The summed E-state index contributed by atoms with van der Waals surface area (Å²) in [6.07, 6.45) is 0.910. The van der Waals surface area contributed by atoms with Gasteiger partial charge in [0.1, 0.15) is 0 Å². The Labute approximate surface area is 88.0 Å². The molecular formula is C10H12ClNS. The second-order valence-corrected chi connectivity index (χ2v) is 5.20. The van der Waals surface area contributed by atoms with E-state index >= 15 is 0 Å². The summed E-state index contributed by atoms with van der Waals surface area (Å²) in [5.74, 6) is 0.558. The smallest absolute Gasteiger partial charge is 0.0931 e. The number of halogens is 1. The average molecular weight is 214 g/mol. The van der Waals surface area contributed by atoms with Gasteiger partial charge in [-0.1, -0.05) is 25.4 Å². The summed E-state index contributed by atoms with van der Waals surface area (Å²) in [4.78, 5) is 1.08. The molecule has 0 bridgehead atoms. The molecule has 0 spiro atoms. The van der Waals surface area contributed by atoms with Crippen LogP contribution in [0.2, 0.25) is 4.34 Å². The van der Waals surface area contributed by atoms with Crippen LogP contribution in [0.1, 0.15) is 31.1 Å². The van der Waals surface area contributed by atoms with E-state index in [9.17, 15) is 0 Å². The highest BCUT2D eigenvalue weighted by molar-refractivity contribution is 7.16. The van der Waals surface area contributed by atoms with Crippen molar-refractivity contribution in [2.45, 2.75) is 26.2 Å². The number of rotatable bonds is 3. The first-order chi connectivity index (χ1) is 6.13. The molecule has 1 nitrogen and oxygen atoms in total. The maximum Gasteiger partial charge on any atom is 0.0931 e. The number of nitrogens with zero attached hydrogens (tertiary/aromatic N) is 1. The van der Waals surface area contributed by atoms with Gasteiger partial charge in [-0.25, -0.2) is 0 Å². The monoisotopic (exact) mass is 213 g/mol. The van der Waals surface area contributed by atoms with Gasteiger partial charge in [-0.15, -0.1) is 11.3 Å². The highest BCUT2D eigenvalue weighted by Crippen LogP contribution is 2.31. The fourth-order valence-corrected chi connectivity index (χ4v) is 2.34. The molecule has 13 heavy (non-hydrogen) atoms. The van der Waals surface area contributed by atoms with Gasteiger partial charge in [0.05, 0.1) is 16.3 Å². The Kier molecular flexibility index (Phi) is 3.77. The van der Waals surface area contributed by atoms with Crippen LogP contribution in [0.3, 0.4) is 0 Å². The second-order valence-electron chi connectivity index (χ2n) is 3.45. The molecule has 1 aromatic rings. The van der Waals surface area contributed by atoms with E-state index < -0.39 is 0 Å². The molecule has 1 atom stereocenters. The molecule has 0 saturated heterocycles. The van der Waals surface area contributed by atoms with Crippen LogP contribution in [-0.2, 0) is 0 Å². The first kappa shape index (κ1) is 10.6. The number of nitriles is 1. The summed E-state index contributed by atoms with van der Waals surface area (Å²) < 4.78 is 0.763. The van der Waals surface area contributed by atoms with E-state index in [-0.39, 0.29) is 5.92 Å². The molecule has 0 aliphatic heterocycles. The second kappa shape index (κ2) is 4.64. The molecule has 0 aliphatic carbocycles. The number of hydrogen-bond acceptors (Lipinski definition) is 2. The molecule has 1 heterocycles. The summed E-state index contributed by atoms with van der Waals surface area (Å²) in [6.45, 7) is 4.25. The van der Waals surface area contributed by atoms with Gasteiger partial charge in [0.2, 0.25) is 0 Å². The van der Waals surface area contributed by atoms with Gasteiger partial charge in [0, 0.05) is 4.88 Å². The predicted molar refractivity (Wildman–Crippen MR) is 57.1 cm³/mol. The molecule has 0 fully saturated rings. The Morgan fingerprint density at radius 1 is 1.54 bits per heavy atom. The normalized spacial score (nSPS) is 12.8. The summed E-state index contributed by atoms with van der Waals surface area (Å²) >= 11 is 7.31. The van der Waals surface area contributed by atoms with E-state index in [0.29, 0.717) is 5.92 Å². The summed E-state index contributed by atoms with van der Waals surface area (Å²) in [5.41, 5.74) is 0. The minimum Gasteiger partial charge on any atom is -0.198 e. The lowest BCUT2D eigenvalue weighted by Gasteiger charge is -2.08. The SMILES string of the molecule is CC(C)CC(C#N)c1ccc(Cl)s1. The highest BCUT2D eigenvalue weighted by atomic mass is 35.5. The van der Waals surface area contributed by atoms with Crippen molar-refractivity contribution in [1.82, 2.24) is 0 Å². The third-order valence-electron chi connectivity index (χ3n) is 1.80. The van der Waals surface area contributed by atoms with Gasteiger partial charge in [0.15, 0.2) is 0 Å². The predicted octanol–water partition coefficient (Wildman–Crippen LogP) is 4.05. The summed E-state index contributed by atoms with van der Waals surface area (Å²) in [5, 5.41) is 8.95. The molecule has 70 valence electrons. The van der Waals surface area contributed by atoms with Crippen LogP contribution in [0.4, 0.5) is 0 Å². The number of thiophene rings is 1. The zero-order chi connectivity index (χ0) is 9.84. The Bertz CT molecular complexity index is 311. The topological polar surface area (TPSA) is 23.8 Å². The molecule has 0 N–H and O–H groups in total. The van der Waals surface area contributed by atoms with Crippen molar-refractivity contribution in [2.75, 3.05) is 0 Å². The van der Waals surface area contributed by atoms with Crippen LogP contribution in [0.25, 0.3) is 0 Å². The largest absolute Gasteiger partial charge is 0.198 e. The van der Waals surface area contributed by atoms with Crippen LogP contribution < -0.4 is 0 Å². The van der Waals surface area contributed by atoms with Crippen LogP contribution in [0.15, 0.2) is 12.1 Å². The molecular weight excluding hydrogens is 202 g/mol. The van der Waals surface area contributed by atoms with Crippen LogP contribution >= 0.6 is 22.9 Å². The van der Waals surface area contributed by atoms with Gasteiger partial charge in [-0.3, -0.25) is 0 Å². The van der Waals surface area contributed by atoms with Crippen molar-refractivity contribution in [3.05, 3.63) is 21.3 Å². The molecule has 1 unspecified atom stereocenters. The molecule has 0 aromatic carbocycles. The quantitative estimate of drug-likeness (QED) is 0.743. The molecule has 0 aliphatic rings. The van der Waals surface area contributed by atoms with Gasteiger partial charge in [0.25, 0.3) is 0 Å². The Hall–Kier alpha value is -0.520. The zero-order valence-corrected chi connectivity index (χ0v) is 9.32. The van der Waals surface area contributed by atoms with Crippen molar-refractivity contribution in [2.24, 2.45) is 5.92 Å². The standard InChI is InChI=1S/C10H12ClNS/c1-7(2)5-8(6-12)9-3-4-10(11)13-9/h3-4,7-8H,5H2,1-2H3. The molecule has 3 heteroatoms. The lowest BCUT2D eigenvalue weighted by molar-refractivity contribution is 0.559. The average Bonchev–Trinajstić information content (AvgIpc) is 2.47. The van der Waals surface area contributed by atoms with Crippen LogP contribution in [0.5, 0.6) is 0 Å². The molecule has 0 saturated carbocycles. The van der Waals surface area contributed by atoms with Crippen molar-refractivity contribution < 1.29 is 0 Å². The third kappa shape index (κ3) is 3.02. The van der Waals surface area contributed by atoms with E-state index in [1.165, 1.54) is 11.3 Å². The van der Waals surface area contributed by atoms with Crippen molar-refractivity contribution in [3.63, 3.8) is 0 Å². The van der Waals surface area contributed by atoms with Gasteiger partial charge in [-0.05, 0) is 24.5 Å². The Morgan fingerprint density at radius 2 is 2.23 bits per heavy atom. The molecule has 1 rings (SSSR count). The van der Waals surface area contributed by atoms with Gasteiger partial charge in [-0.2, -0.15) is 5.26 Å². The zero-order valence-electron chi connectivity index (χ0n) is 7.75. The fourth-order valence-electron chi connectivity index (χ4n) is 1.22. The minimum atomic E-state index is 0.0116.